The minimum absolute atomic E-state index is 0.00168. The number of ketones is 1. The average molecular weight is 627 g/mol. The van der Waals surface area contributed by atoms with E-state index >= 15 is 4.39 Å². The fourth-order valence-corrected chi connectivity index (χ4v) is 6.59. The number of benzene rings is 2. The first kappa shape index (κ1) is 31.4. The van der Waals surface area contributed by atoms with Gasteiger partial charge in [0, 0.05) is 64.9 Å². The molecular formula is C36H39FN4O5. The number of hydrogen-bond donors (Lipinski definition) is 1. The molecule has 0 saturated heterocycles. The Morgan fingerprint density at radius 1 is 1.15 bits per heavy atom. The van der Waals surface area contributed by atoms with Gasteiger partial charge in [0.25, 0.3) is 0 Å². The second-order valence-corrected chi connectivity index (χ2v) is 13.1. The third-order valence-electron chi connectivity index (χ3n) is 8.84. The van der Waals surface area contributed by atoms with Crippen molar-refractivity contribution in [2.45, 2.75) is 72.0 Å². The first-order valence-electron chi connectivity index (χ1n) is 15.5. The summed E-state index contributed by atoms with van der Waals surface area (Å²) in [5.41, 5.74) is 5.85. The van der Waals surface area contributed by atoms with E-state index in [-0.39, 0.29) is 18.0 Å². The fourth-order valence-electron chi connectivity index (χ4n) is 6.59. The highest BCUT2D eigenvalue weighted by atomic mass is 19.1. The Balaban J connectivity index is 1.50. The van der Waals surface area contributed by atoms with Gasteiger partial charge in [-0.1, -0.05) is 0 Å². The summed E-state index contributed by atoms with van der Waals surface area (Å²) >= 11 is 0. The number of nitrogens with zero attached hydrogens (tertiary/aromatic N) is 4. The highest BCUT2D eigenvalue weighted by molar-refractivity contribution is 6.01. The average Bonchev–Trinajstić information content (AvgIpc) is 3.53. The Kier molecular flexibility index (Phi) is 7.96. The van der Waals surface area contributed by atoms with Crippen molar-refractivity contribution in [3.63, 3.8) is 0 Å². The molecule has 0 saturated carbocycles. The third kappa shape index (κ3) is 5.55. The number of carboxylic acids is 1. The lowest BCUT2D eigenvalue weighted by molar-refractivity contribution is -0.160. The molecule has 1 atom stereocenters. The maximum Gasteiger partial charge on any atom is 0.337 e. The van der Waals surface area contributed by atoms with Gasteiger partial charge in [0.15, 0.2) is 23.5 Å². The van der Waals surface area contributed by atoms with Crippen LogP contribution in [-0.2, 0) is 36.5 Å². The second-order valence-electron chi connectivity index (χ2n) is 13.1. The standard InChI is InChI=1S/C36H39FN4O5/c1-19-24-9-8-14-45-32(24)27(37)17-25(19)31-26-16-23(11-13-29(42)21-10-12-28-22(15-21)18-38-41(28)7)40(6)34(26)39-20(2)30(31)33(35(43)44)46-36(3,4)5/h10,12,15-18,33H,8-9,11,13-14H2,1-7H3,(H,43,44)/t33-/m0/s1. The lowest BCUT2D eigenvalue weighted by Gasteiger charge is -2.29. The van der Waals surface area contributed by atoms with Crippen LogP contribution in [0.25, 0.3) is 33.1 Å². The number of carbonyl (C=O) groups excluding carboxylic acids is 1. The van der Waals surface area contributed by atoms with E-state index in [1.165, 1.54) is 6.07 Å². The fraction of sp³-hybridized carbons (Fsp3) is 0.389. The Hall–Kier alpha value is -4.57. The molecule has 0 fully saturated rings. The van der Waals surface area contributed by atoms with E-state index in [4.69, 9.17) is 14.5 Å². The zero-order chi connectivity index (χ0) is 33.1. The first-order valence-corrected chi connectivity index (χ1v) is 15.5. The van der Waals surface area contributed by atoms with Gasteiger partial charge in [-0.2, -0.15) is 5.10 Å². The largest absolute Gasteiger partial charge is 0.490 e. The van der Waals surface area contributed by atoms with Crippen LogP contribution in [0.5, 0.6) is 5.75 Å². The van der Waals surface area contributed by atoms with Crippen molar-refractivity contribution in [1.82, 2.24) is 19.3 Å². The number of halogens is 1. The van der Waals surface area contributed by atoms with Crippen LogP contribution in [-0.4, -0.2) is 48.4 Å². The summed E-state index contributed by atoms with van der Waals surface area (Å²) in [4.78, 5) is 31.0. The molecular weight excluding hydrogens is 587 g/mol. The van der Waals surface area contributed by atoms with E-state index in [0.29, 0.717) is 58.4 Å². The predicted molar refractivity (Wildman–Crippen MR) is 174 cm³/mol. The van der Waals surface area contributed by atoms with Crippen LogP contribution in [0.1, 0.15) is 78.2 Å². The molecule has 0 bridgehead atoms. The van der Waals surface area contributed by atoms with Crippen molar-refractivity contribution in [2.24, 2.45) is 14.1 Å². The van der Waals surface area contributed by atoms with Crippen molar-refractivity contribution < 1.29 is 28.6 Å². The number of aryl methyl sites for hydroxylation is 4. The predicted octanol–water partition coefficient (Wildman–Crippen LogP) is 6.96. The summed E-state index contributed by atoms with van der Waals surface area (Å²) in [5, 5.41) is 16.3. The number of aromatic nitrogens is 4. The Morgan fingerprint density at radius 2 is 1.91 bits per heavy atom. The maximum atomic E-state index is 15.7. The van der Waals surface area contributed by atoms with Crippen LogP contribution in [0, 0.1) is 19.7 Å². The molecule has 10 heteroatoms. The molecule has 3 aromatic heterocycles. The van der Waals surface area contributed by atoms with E-state index in [1.807, 2.05) is 49.9 Å². The summed E-state index contributed by atoms with van der Waals surface area (Å²) in [6.07, 6.45) is 2.49. The van der Waals surface area contributed by atoms with Crippen molar-refractivity contribution in [3.8, 4) is 16.9 Å². The number of carboxylic acid groups (broad SMARTS) is 1. The van der Waals surface area contributed by atoms with Gasteiger partial charge < -0.3 is 19.1 Å². The Morgan fingerprint density at radius 3 is 2.63 bits per heavy atom. The summed E-state index contributed by atoms with van der Waals surface area (Å²) < 4.78 is 31.2. The van der Waals surface area contributed by atoms with Crippen LogP contribution in [0.15, 0.2) is 36.5 Å². The molecule has 46 heavy (non-hydrogen) atoms. The van der Waals surface area contributed by atoms with Gasteiger partial charge >= 0.3 is 5.97 Å². The van der Waals surface area contributed by atoms with E-state index < -0.39 is 23.5 Å². The topological polar surface area (TPSA) is 108 Å². The van der Waals surface area contributed by atoms with Crippen LogP contribution in [0.3, 0.4) is 0 Å². The second kappa shape index (κ2) is 11.7. The monoisotopic (exact) mass is 626 g/mol. The maximum absolute atomic E-state index is 15.7. The lowest BCUT2D eigenvalue weighted by Crippen LogP contribution is -2.28. The minimum Gasteiger partial charge on any atom is -0.490 e. The van der Waals surface area contributed by atoms with E-state index in [0.717, 1.165) is 34.1 Å². The zero-order valence-corrected chi connectivity index (χ0v) is 27.3. The van der Waals surface area contributed by atoms with Crippen LogP contribution >= 0.6 is 0 Å². The molecule has 6 rings (SSSR count). The van der Waals surface area contributed by atoms with Crippen molar-refractivity contribution >= 4 is 33.7 Å². The van der Waals surface area contributed by atoms with Crippen molar-refractivity contribution in [3.05, 3.63) is 76.0 Å². The quantitative estimate of drug-likeness (QED) is 0.185. The SMILES string of the molecule is Cc1nc2c(cc(CCC(=O)c3ccc4c(cnn4C)c3)n2C)c(-c2cc(F)c3c(c2C)CCCO3)c1[C@H](OC(C)(C)C)C(=O)O. The number of Topliss-reactive ketones (excluding diaryl/α,β-unsaturated/α-hetero) is 1. The Labute approximate surface area is 266 Å². The van der Waals surface area contributed by atoms with Crippen LogP contribution < -0.4 is 4.74 Å². The molecule has 4 heterocycles. The molecule has 5 aromatic rings. The van der Waals surface area contributed by atoms with Gasteiger partial charge in [-0.05, 0) is 95.3 Å². The number of pyridine rings is 1. The van der Waals surface area contributed by atoms with E-state index in [9.17, 15) is 14.7 Å². The van der Waals surface area contributed by atoms with Crippen molar-refractivity contribution in [1.29, 1.82) is 0 Å². The molecule has 0 spiro atoms. The van der Waals surface area contributed by atoms with Gasteiger partial charge in [0.05, 0.1) is 23.9 Å². The van der Waals surface area contributed by atoms with Gasteiger partial charge in [0.1, 0.15) is 5.65 Å². The van der Waals surface area contributed by atoms with Gasteiger partial charge in [-0.3, -0.25) is 9.48 Å². The molecule has 0 aliphatic carbocycles. The molecule has 9 nitrogen and oxygen atoms in total. The number of rotatable bonds is 8. The van der Waals surface area contributed by atoms with Gasteiger partial charge in [-0.15, -0.1) is 0 Å². The van der Waals surface area contributed by atoms with Crippen LogP contribution in [0.4, 0.5) is 4.39 Å². The smallest absolute Gasteiger partial charge is 0.337 e. The number of carbonyl (C=O) groups is 2. The number of hydrogen-bond acceptors (Lipinski definition) is 6. The summed E-state index contributed by atoms with van der Waals surface area (Å²) in [7, 11) is 3.75. The molecule has 0 amide bonds. The highest BCUT2D eigenvalue weighted by Gasteiger charge is 2.34. The van der Waals surface area contributed by atoms with E-state index in [2.05, 4.69) is 5.10 Å². The summed E-state index contributed by atoms with van der Waals surface area (Å²) in [5.74, 6) is -1.39. The molecule has 1 aliphatic heterocycles. The molecule has 1 N–H and O–H groups in total. The van der Waals surface area contributed by atoms with Gasteiger partial charge in [-0.25, -0.2) is 14.2 Å². The molecule has 0 unspecified atom stereocenters. The molecule has 1 aliphatic rings. The Bertz CT molecular complexity index is 2030. The first-order chi connectivity index (χ1) is 21.7. The third-order valence-corrected chi connectivity index (χ3v) is 8.84. The number of ether oxygens (including phenoxy) is 2. The zero-order valence-electron chi connectivity index (χ0n) is 27.3. The molecule has 0 radical (unpaired) electrons. The number of aliphatic carboxylic acids is 1. The minimum atomic E-state index is -1.35. The van der Waals surface area contributed by atoms with Gasteiger partial charge in [0.2, 0.25) is 0 Å². The molecule has 240 valence electrons. The van der Waals surface area contributed by atoms with E-state index in [1.54, 1.807) is 38.6 Å². The highest BCUT2D eigenvalue weighted by Crippen LogP contribution is 2.45. The van der Waals surface area contributed by atoms with Crippen molar-refractivity contribution in [2.75, 3.05) is 6.61 Å². The normalized spacial score (nSPS) is 14.0. The summed E-state index contributed by atoms with van der Waals surface area (Å²) in [6.45, 7) is 9.54. The summed E-state index contributed by atoms with van der Waals surface area (Å²) in [6, 6.07) is 8.97. The number of fused-ring (bicyclic) bond motifs is 3. The van der Waals surface area contributed by atoms with Crippen LogP contribution in [0.2, 0.25) is 0 Å². The molecule has 2 aromatic carbocycles. The lowest BCUT2D eigenvalue weighted by atomic mass is 9.86.